The normalized spacial score (nSPS) is 13.1. The summed E-state index contributed by atoms with van der Waals surface area (Å²) in [5.74, 6) is 0. The summed E-state index contributed by atoms with van der Waals surface area (Å²) >= 11 is 0. The molecule has 5 heteroatoms. The van der Waals surface area contributed by atoms with Crippen molar-refractivity contribution in [1.29, 1.82) is 10.5 Å². The third-order valence-corrected chi connectivity index (χ3v) is 14.7. The molecular formula is C63H63N5. The minimum Gasteiger partial charge on any atom is -0.330 e. The molecule has 68 heavy (non-hydrogen) atoms. The number of nitriles is 2. The van der Waals surface area contributed by atoms with Gasteiger partial charge >= 0.3 is 0 Å². The maximum Gasteiger partial charge on any atom is 0.101 e. The van der Waals surface area contributed by atoms with E-state index < -0.39 is 5.54 Å². The van der Waals surface area contributed by atoms with Crippen LogP contribution in [-0.4, -0.2) is 13.7 Å². The number of rotatable bonds is 4. The predicted octanol–water partition coefficient (Wildman–Crippen LogP) is 16.7. The third kappa shape index (κ3) is 6.77. The number of hydrogen-bond acceptors (Lipinski definition) is 2. The van der Waals surface area contributed by atoms with Gasteiger partial charge in [0.1, 0.15) is 12.1 Å². The monoisotopic (exact) mass is 890 g/mol. The quantitative estimate of drug-likeness (QED) is 0.177. The molecule has 3 heterocycles. The highest BCUT2D eigenvalue weighted by atomic mass is 15.1. The molecule has 0 bridgehead atoms. The van der Waals surface area contributed by atoms with Crippen LogP contribution in [0.1, 0.15) is 136 Å². The average Bonchev–Trinajstić information content (AvgIpc) is 3.92. The standard InChI is InChI=1S/C63H63N5/c1-59(2,3)40-23-27-50-46(32-40)47-33-41(60(4,5)6)24-28-51(47)66(50)57-38(36-64)31-39(37-65)58(56(57)63(13,14)68-54-21-17-15-19-44(54)45-20-16-18-22-55(45)68)67-52-29-25-42(61(7,8)9)34-48(52)49-35-43(62(10,11)12)26-30-53(49)67/h15-35H,1-14H3. The lowest BCUT2D eigenvalue weighted by molar-refractivity contribution is 0.462. The molecule has 340 valence electrons. The van der Waals surface area contributed by atoms with Gasteiger partial charge in [0.25, 0.3) is 0 Å². The molecule has 10 rings (SSSR count). The highest BCUT2D eigenvalue weighted by molar-refractivity contribution is 6.13. The van der Waals surface area contributed by atoms with Crippen LogP contribution in [0.2, 0.25) is 0 Å². The molecule has 0 spiro atoms. The van der Waals surface area contributed by atoms with E-state index in [0.29, 0.717) is 11.1 Å². The van der Waals surface area contributed by atoms with Crippen LogP contribution in [-0.2, 0) is 27.2 Å². The number of para-hydroxylation sites is 2. The molecule has 0 aliphatic heterocycles. The summed E-state index contributed by atoms with van der Waals surface area (Å²) in [7, 11) is 0. The zero-order valence-electron chi connectivity index (χ0n) is 42.4. The Balaban J connectivity index is 1.48. The van der Waals surface area contributed by atoms with Gasteiger partial charge in [-0.3, -0.25) is 0 Å². The molecule has 7 aromatic carbocycles. The molecule has 0 fully saturated rings. The summed E-state index contributed by atoms with van der Waals surface area (Å²) in [6, 6.07) is 52.0. The lowest BCUT2D eigenvalue weighted by Gasteiger charge is -2.35. The lowest BCUT2D eigenvalue weighted by Crippen LogP contribution is -2.32. The number of fused-ring (bicyclic) bond motifs is 9. The van der Waals surface area contributed by atoms with Crippen molar-refractivity contribution < 1.29 is 0 Å². The minimum atomic E-state index is -0.884. The van der Waals surface area contributed by atoms with Crippen LogP contribution >= 0.6 is 0 Å². The van der Waals surface area contributed by atoms with Gasteiger partial charge in [-0.15, -0.1) is 0 Å². The zero-order chi connectivity index (χ0) is 48.6. The Labute approximate surface area is 401 Å². The maximum absolute atomic E-state index is 11.6. The van der Waals surface area contributed by atoms with Crippen molar-refractivity contribution in [3.63, 3.8) is 0 Å². The topological polar surface area (TPSA) is 62.4 Å². The van der Waals surface area contributed by atoms with E-state index in [1.54, 1.807) is 0 Å². The smallest absolute Gasteiger partial charge is 0.101 e. The van der Waals surface area contributed by atoms with Crippen LogP contribution in [0.15, 0.2) is 127 Å². The van der Waals surface area contributed by atoms with Crippen molar-refractivity contribution >= 4 is 65.4 Å². The van der Waals surface area contributed by atoms with Gasteiger partial charge in [0.2, 0.25) is 0 Å². The van der Waals surface area contributed by atoms with Gasteiger partial charge in [-0.1, -0.05) is 144 Å². The first-order chi connectivity index (χ1) is 31.9. The van der Waals surface area contributed by atoms with Crippen LogP contribution in [0.25, 0.3) is 76.8 Å². The van der Waals surface area contributed by atoms with Crippen molar-refractivity contribution in [3.05, 3.63) is 166 Å². The second-order valence-electron chi connectivity index (χ2n) is 23.8. The van der Waals surface area contributed by atoms with Gasteiger partial charge in [0.05, 0.1) is 50.1 Å². The summed E-state index contributed by atoms with van der Waals surface area (Å²) in [4.78, 5) is 0. The molecule has 3 aromatic heterocycles. The molecule has 10 aromatic rings. The molecule has 0 aliphatic carbocycles. The van der Waals surface area contributed by atoms with E-state index in [4.69, 9.17) is 0 Å². The van der Waals surface area contributed by atoms with Crippen LogP contribution in [0.4, 0.5) is 0 Å². The predicted molar refractivity (Wildman–Crippen MR) is 287 cm³/mol. The molecule has 0 atom stereocenters. The fourth-order valence-electron chi connectivity index (χ4n) is 10.9. The SMILES string of the molecule is CC(C)(C)c1ccc2c(c1)c1cc(C(C)(C)C)ccc1n2-c1c(C#N)cc(C#N)c(-n2c3ccc(C(C)(C)C)cc3c3cc(C(C)(C)C)ccc32)c1C(C)(C)n1c2ccccc2c2ccccc21. The average molecular weight is 890 g/mol. The number of hydrogen-bond donors (Lipinski definition) is 0. The molecule has 0 saturated carbocycles. The number of nitrogens with zero attached hydrogens (tertiary/aromatic N) is 5. The van der Waals surface area contributed by atoms with E-state index in [2.05, 4.69) is 244 Å². The first-order valence-electron chi connectivity index (χ1n) is 24.1. The van der Waals surface area contributed by atoms with Crippen molar-refractivity contribution in [2.75, 3.05) is 0 Å². The van der Waals surface area contributed by atoms with Crippen LogP contribution in [0, 0.1) is 22.7 Å². The molecule has 0 saturated heterocycles. The van der Waals surface area contributed by atoms with E-state index in [0.717, 1.165) is 82.4 Å². The Bertz CT molecular complexity index is 3430. The van der Waals surface area contributed by atoms with E-state index in [1.807, 2.05) is 6.07 Å². The Morgan fingerprint density at radius 1 is 0.338 bits per heavy atom. The van der Waals surface area contributed by atoms with Gasteiger partial charge in [-0.05, 0) is 124 Å². The van der Waals surface area contributed by atoms with Gasteiger partial charge in [-0.2, -0.15) is 10.5 Å². The van der Waals surface area contributed by atoms with Crippen LogP contribution < -0.4 is 0 Å². The van der Waals surface area contributed by atoms with E-state index >= 15 is 0 Å². The first kappa shape index (κ1) is 44.7. The Kier molecular flexibility index (Phi) is 9.84. The van der Waals surface area contributed by atoms with Gasteiger partial charge in [0, 0.05) is 48.9 Å². The molecule has 0 aliphatic rings. The fraction of sp³-hybridized carbons (Fsp3) is 0.302. The van der Waals surface area contributed by atoms with Crippen molar-refractivity contribution in [3.8, 4) is 23.5 Å². The van der Waals surface area contributed by atoms with Gasteiger partial charge < -0.3 is 13.7 Å². The van der Waals surface area contributed by atoms with Crippen molar-refractivity contribution in [2.45, 2.75) is 124 Å². The van der Waals surface area contributed by atoms with Crippen LogP contribution in [0.5, 0.6) is 0 Å². The van der Waals surface area contributed by atoms with Crippen molar-refractivity contribution in [2.24, 2.45) is 0 Å². The van der Waals surface area contributed by atoms with Gasteiger partial charge in [0.15, 0.2) is 0 Å². The number of aromatic nitrogens is 3. The van der Waals surface area contributed by atoms with E-state index in [9.17, 15) is 10.5 Å². The maximum atomic E-state index is 11.6. The molecule has 0 amide bonds. The Morgan fingerprint density at radius 3 is 0.912 bits per heavy atom. The largest absolute Gasteiger partial charge is 0.330 e. The zero-order valence-corrected chi connectivity index (χ0v) is 42.4. The Morgan fingerprint density at radius 2 is 0.632 bits per heavy atom. The summed E-state index contributed by atoms with van der Waals surface area (Å²) in [6.07, 6.45) is 0. The van der Waals surface area contributed by atoms with Crippen molar-refractivity contribution in [1.82, 2.24) is 13.7 Å². The summed E-state index contributed by atoms with van der Waals surface area (Å²) in [5, 5.41) is 30.1. The summed E-state index contributed by atoms with van der Waals surface area (Å²) < 4.78 is 7.15. The molecule has 0 unspecified atom stereocenters. The van der Waals surface area contributed by atoms with E-state index in [-0.39, 0.29) is 21.7 Å². The minimum absolute atomic E-state index is 0.0936. The molecular weight excluding hydrogens is 827 g/mol. The van der Waals surface area contributed by atoms with E-state index in [1.165, 1.54) is 22.3 Å². The number of benzene rings is 7. The molecule has 0 N–H and O–H groups in total. The first-order valence-corrected chi connectivity index (χ1v) is 24.1. The highest BCUT2D eigenvalue weighted by Gasteiger charge is 2.38. The lowest BCUT2D eigenvalue weighted by atomic mass is 9.85. The third-order valence-electron chi connectivity index (χ3n) is 14.7. The van der Waals surface area contributed by atoms with Gasteiger partial charge in [-0.25, -0.2) is 0 Å². The second kappa shape index (κ2) is 15.0. The summed E-state index contributed by atoms with van der Waals surface area (Å²) in [6.45, 7) is 31.7. The molecule has 0 radical (unpaired) electrons. The van der Waals surface area contributed by atoms with Crippen LogP contribution in [0.3, 0.4) is 0 Å². The summed E-state index contributed by atoms with van der Waals surface area (Å²) in [5.41, 5.74) is 13.2. The molecule has 5 nitrogen and oxygen atoms in total. The highest BCUT2D eigenvalue weighted by Crippen LogP contribution is 2.49. The second-order valence-corrected chi connectivity index (χ2v) is 23.8. The Hall–Kier alpha value is -7.08. The fourth-order valence-corrected chi connectivity index (χ4v) is 10.9.